The quantitative estimate of drug-likeness (QED) is 0.656. The monoisotopic (exact) mass is 208 g/mol. The van der Waals surface area contributed by atoms with Gasteiger partial charge in [0, 0.05) is 0 Å². The molecule has 0 bridgehead atoms. The van der Waals surface area contributed by atoms with Gasteiger partial charge in [-0.2, -0.15) is 0 Å². The Labute approximate surface area is 97.3 Å². The van der Waals surface area contributed by atoms with E-state index in [0.29, 0.717) is 0 Å². The number of aryl methyl sites for hydroxylation is 1. The first-order valence-electron chi connectivity index (χ1n) is 5.57. The summed E-state index contributed by atoms with van der Waals surface area (Å²) in [7, 11) is 0. The Morgan fingerprint density at radius 3 is 2.44 bits per heavy atom. The van der Waals surface area contributed by atoms with E-state index in [1.54, 1.807) is 0 Å². The van der Waals surface area contributed by atoms with E-state index in [0.717, 1.165) is 6.42 Å². The smallest absolute Gasteiger partial charge is 0.0100 e. The molecule has 16 heavy (non-hydrogen) atoms. The SMILES string of the molecule is C=CCc1ccc(-c2ccccc2)c(C)c1. The molecule has 0 heteroatoms. The van der Waals surface area contributed by atoms with Gasteiger partial charge in [0.05, 0.1) is 0 Å². The van der Waals surface area contributed by atoms with Gasteiger partial charge in [0.1, 0.15) is 0 Å². The largest absolute Gasteiger partial charge is 0.103 e. The van der Waals surface area contributed by atoms with Crippen LogP contribution >= 0.6 is 0 Å². The van der Waals surface area contributed by atoms with Gasteiger partial charge in [-0.25, -0.2) is 0 Å². The Morgan fingerprint density at radius 1 is 1.06 bits per heavy atom. The lowest BCUT2D eigenvalue weighted by molar-refractivity contribution is 1.25. The molecule has 0 N–H and O–H groups in total. The van der Waals surface area contributed by atoms with Crippen molar-refractivity contribution in [3.63, 3.8) is 0 Å². The van der Waals surface area contributed by atoms with Crippen LogP contribution in [0.25, 0.3) is 11.1 Å². The average Bonchev–Trinajstić information content (AvgIpc) is 2.31. The Morgan fingerprint density at radius 2 is 1.81 bits per heavy atom. The van der Waals surface area contributed by atoms with Crippen molar-refractivity contribution in [1.82, 2.24) is 0 Å². The van der Waals surface area contributed by atoms with Crippen LogP contribution in [0.3, 0.4) is 0 Å². The predicted octanol–water partition coefficient (Wildman–Crippen LogP) is 4.39. The summed E-state index contributed by atoms with van der Waals surface area (Å²) in [6.07, 6.45) is 2.88. The first-order chi connectivity index (χ1) is 7.81. The van der Waals surface area contributed by atoms with E-state index < -0.39 is 0 Å². The van der Waals surface area contributed by atoms with Crippen molar-refractivity contribution in [3.05, 3.63) is 72.3 Å². The first-order valence-corrected chi connectivity index (χ1v) is 5.57. The molecule has 0 atom stereocenters. The molecule has 0 nitrogen and oxygen atoms in total. The second kappa shape index (κ2) is 4.80. The predicted molar refractivity (Wildman–Crippen MR) is 70.5 cm³/mol. The number of hydrogen-bond donors (Lipinski definition) is 0. The average molecular weight is 208 g/mol. The van der Waals surface area contributed by atoms with Crippen LogP contribution in [0.5, 0.6) is 0 Å². The van der Waals surface area contributed by atoms with Crippen LogP contribution in [0, 0.1) is 6.92 Å². The number of allylic oxidation sites excluding steroid dienone is 1. The summed E-state index contributed by atoms with van der Waals surface area (Å²) in [6.45, 7) is 5.93. The zero-order valence-electron chi connectivity index (χ0n) is 9.61. The Kier molecular flexibility index (Phi) is 3.21. The molecule has 2 rings (SSSR count). The molecule has 0 aliphatic rings. The molecular weight excluding hydrogens is 192 g/mol. The molecule has 0 saturated heterocycles. The molecule has 0 aliphatic heterocycles. The van der Waals surface area contributed by atoms with Gasteiger partial charge in [-0.05, 0) is 35.6 Å². The molecular formula is C16H16. The maximum Gasteiger partial charge on any atom is -0.0100 e. The van der Waals surface area contributed by atoms with Crippen LogP contribution in [0.2, 0.25) is 0 Å². The molecule has 0 saturated carbocycles. The third-order valence-electron chi connectivity index (χ3n) is 2.76. The third kappa shape index (κ3) is 2.22. The first kappa shape index (κ1) is 10.7. The lowest BCUT2D eigenvalue weighted by Gasteiger charge is -2.07. The van der Waals surface area contributed by atoms with Crippen LogP contribution in [0.15, 0.2) is 61.2 Å². The minimum Gasteiger partial charge on any atom is -0.103 e. The van der Waals surface area contributed by atoms with Crippen LogP contribution in [0.1, 0.15) is 11.1 Å². The molecule has 0 radical (unpaired) electrons. The summed E-state index contributed by atoms with van der Waals surface area (Å²) >= 11 is 0. The Hall–Kier alpha value is -1.82. The van der Waals surface area contributed by atoms with Crippen LogP contribution < -0.4 is 0 Å². The van der Waals surface area contributed by atoms with E-state index in [-0.39, 0.29) is 0 Å². The summed E-state index contributed by atoms with van der Waals surface area (Å²) in [4.78, 5) is 0. The van der Waals surface area contributed by atoms with Crippen molar-refractivity contribution in [2.24, 2.45) is 0 Å². The van der Waals surface area contributed by atoms with E-state index >= 15 is 0 Å². The van der Waals surface area contributed by atoms with Gasteiger partial charge in [0.25, 0.3) is 0 Å². The fourth-order valence-corrected chi connectivity index (χ4v) is 1.96. The van der Waals surface area contributed by atoms with Gasteiger partial charge < -0.3 is 0 Å². The van der Waals surface area contributed by atoms with Crippen LogP contribution in [-0.4, -0.2) is 0 Å². The minimum absolute atomic E-state index is 0.940. The second-order valence-corrected chi connectivity index (χ2v) is 4.01. The molecule has 0 fully saturated rings. The number of rotatable bonds is 3. The molecule has 0 spiro atoms. The van der Waals surface area contributed by atoms with Crippen LogP contribution in [-0.2, 0) is 6.42 Å². The van der Waals surface area contributed by atoms with Crippen molar-refractivity contribution in [2.45, 2.75) is 13.3 Å². The second-order valence-electron chi connectivity index (χ2n) is 4.01. The molecule has 0 amide bonds. The van der Waals surface area contributed by atoms with Crippen molar-refractivity contribution in [2.75, 3.05) is 0 Å². The van der Waals surface area contributed by atoms with Crippen molar-refractivity contribution < 1.29 is 0 Å². The maximum absolute atomic E-state index is 3.77. The zero-order chi connectivity index (χ0) is 11.4. The normalized spacial score (nSPS) is 10.1. The van der Waals surface area contributed by atoms with Gasteiger partial charge in [-0.15, -0.1) is 6.58 Å². The Bertz CT molecular complexity index is 481. The molecule has 0 unspecified atom stereocenters. The molecule has 0 aliphatic carbocycles. The highest BCUT2D eigenvalue weighted by Gasteiger charge is 2.01. The highest BCUT2D eigenvalue weighted by atomic mass is 14.1. The van der Waals surface area contributed by atoms with Gasteiger partial charge in [-0.1, -0.05) is 54.6 Å². The van der Waals surface area contributed by atoms with Gasteiger partial charge >= 0.3 is 0 Å². The minimum atomic E-state index is 0.940. The van der Waals surface area contributed by atoms with E-state index in [2.05, 4.69) is 56.0 Å². The molecule has 80 valence electrons. The Balaban J connectivity index is 2.40. The molecule has 2 aromatic carbocycles. The van der Waals surface area contributed by atoms with Gasteiger partial charge in [0.15, 0.2) is 0 Å². The molecule has 0 aromatic heterocycles. The third-order valence-corrected chi connectivity index (χ3v) is 2.76. The fourth-order valence-electron chi connectivity index (χ4n) is 1.96. The van der Waals surface area contributed by atoms with E-state index in [1.807, 2.05) is 12.1 Å². The van der Waals surface area contributed by atoms with Crippen molar-refractivity contribution >= 4 is 0 Å². The number of benzene rings is 2. The summed E-state index contributed by atoms with van der Waals surface area (Å²) in [5.41, 5.74) is 5.25. The fraction of sp³-hybridized carbons (Fsp3) is 0.125. The highest BCUT2D eigenvalue weighted by molar-refractivity contribution is 5.67. The summed E-state index contributed by atoms with van der Waals surface area (Å²) in [5.74, 6) is 0. The lowest BCUT2D eigenvalue weighted by Crippen LogP contribution is -1.87. The van der Waals surface area contributed by atoms with E-state index in [1.165, 1.54) is 22.3 Å². The highest BCUT2D eigenvalue weighted by Crippen LogP contribution is 2.24. The summed E-state index contributed by atoms with van der Waals surface area (Å²) in [5, 5.41) is 0. The van der Waals surface area contributed by atoms with E-state index in [4.69, 9.17) is 0 Å². The van der Waals surface area contributed by atoms with Crippen molar-refractivity contribution in [3.8, 4) is 11.1 Å². The lowest BCUT2D eigenvalue weighted by atomic mass is 9.98. The van der Waals surface area contributed by atoms with Gasteiger partial charge in [-0.3, -0.25) is 0 Å². The maximum atomic E-state index is 3.77. The van der Waals surface area contributed by atoms with Gasteiger partial charge in [0.2, 0.25) is 0 Å². The summed E-state index contributed by atoms with van der Waals surface area (Å²) in [6, 6.07) is 17.1. The van der Waals surface area contributed by atoms with Crippen molar-refractivity contribution in [1.29, 1.82) is 0 Å². The van der Waals surface area contributed by atoms with E-state index in [9.17, 15) is 0 Å². The zero-order valence-corrected chi connectivity index (χ0v) is 9.61. The molecule has 2 aromatic rings. The number of hydrogen-bond acceptors (Lipinski definition) is 0. The standard InChI is InChI=1S/C16H16/c1-3-7-14-10-11-16(13(2)12-14)15-8-5-4-6-9-15/h3-6,8-12H,1,7H2,2H3. The topological polar surface area (TPSA) is 0 Å². The van der Waals surface area contributed by atoms with Crippen LogP contribution in [0.4, 0.5) is 0 Å². The molecule has 0 heterocycles. The summed E-state index contributed by atoms with van der Waals surface area (Å²) < 4.78 is 0.